The number of ether oxygens (including phenoxy) is 2. The van der Waals surface area contributed by atoms with Crippen LogP contribution in [0.5, 0.6) is 11.8 Å². The van der Waals surface area contributed by atoms with E-state index in [1.54, 1.807) is 21.3 Å². The fourth-order valence-electron chi connectivity index (χ4n) is 11.9. The zero-order valence-corrected chi connectivity index (χ0v) is 41.3. The standard InChI is InChI=1S/2C28H26F2N4O4.CH4/c2*1-38-27-20(11-16(29)13-32-27)24(35)23-22(25(31)36)33-26-19-10-14(4-7-28(37)5-2-3-6-28)21(30)12-18(19)15-8-17(9-15)34(23)26;/h2*10-13,15,17,24,35,37H,2-3,5-6,8-9H2,1H3,(H2,31,36);1H4/t2*15?,17?,24-;/m10./s1. The van der Waals surface area contributed by atoms with Gasteiger partial charge in [0.05, 0.1) is 60.3 Å². The summed E-state index contributed by atoms with van der Waals surface area (Å²) in [6, 6.07) is 7.96. The van der Waals surface area contributed by atoms with E-state index in [2.05, 4.69) is 43.6 Å². The number of nitrogens with zero attached hydrogens (tertiary/aromatic N) is 6. The molecule has 0 spiro atoms. The van der Waals surface area contributed by atoms with Crippen molar-refractivity contribution in [1.82, 2.24) is 29.1 Å². The minimum Gasteiger partial charge on any atom is -0.481 e. The summed E-state index contributed by atoms with van der Waals surface area (Å²) in [6.45, 7) is 0. The van der Waals surface area contributed by atoms with Crippen LogP contribution in [0, 0.1) is 47.0 Å². The lowest BCUT2D eigenvalue weighted by atomic mass is 9.75. The number of imidazole rings is 2. The molecule has 4 aliphatic carbocycles. The Morgan fingerprint density at radius 1 is 0.636 bits per heavy atom. The highest BCUT2D eigenvalue weighted by molar-refractivity contribution is 5.94. The second kappa shape index (κ2) is 20.1. The third-order valence-corrected chi connectivity index (χ3v) is 15.9. The zero-order valence-electron chi connectivity index (χ0n) is 41.3. The second-order valence-corrected chi connectivity index (χ2v) is 20.6. The number of primary amides is 2. The Balaban J connectivity index is 0.000000172. The number of nitrogens with two attached hydrogens (primary N) is 2. The molecule has 2 amide bonds. The molecule has 2 aromatic carbocycles. The minimum absolute atomic E-state index is 0. The monoisotopic (exact) mass is 1060 g/mol. The maximum atomic E-state index is 15.2. The van der Waals surface area contributed by atoms with Gasteiger partial charge in [0.1, 0.15) is 58.3 Å². The van der Waals surface area contributed by atoms with Gasteiger partial charge in [0, 0.05) is 23.2 Å². The number of hydrogen-bond donors (Lipinski definition) is 6. The van der Waals surface area contributed by atoms with Crippen molar-refractivity contribution >= 4 is 11.8 Å². The molecule has 20 heteroatoms. The van der Waals surface area contributed by atoms with E-state index in [-0.39, 0.29) is 88.1 Å². The summed E-state index contributed by atoms with van der Waals surface area (Å²) >= 11 is 0. The van der Waals surface area contributed by atoms with E-state index < -0.39 is 58.5 Å². The summed E-state index contributed by atoms with van der Waals surface area (Å²) in [5.74, 6) is 8.02. The third kappa shape index (κ3) is 9.26. The predicted octanol–water partition coefficient (Wildman–Crippen LogP) is 7.64. The molecule has 0 saturated heterocycles. The largest absolute Gasteiger partial charge is 0.481 e. The van der Waals surface area contributed by atoms with Gasteiger partial charge in [-0.2, -0.15) is 0 Å². The number of methoxy groups -OCH3 is 2. The molecule has 400 valence electrons. The molecule has 14 rings (SSSR count). The Morgan fingerprint density at radius 3 is 1.34 bits per heavy atom. The molecule has 4 bridgehead atoms. The van der Waals surface area contributed by atoms with Crippen molar-refractivity contribution in [2.24, 2.45) is 11.5 Å². The number of aliphatic hydroxyl groups is 4. The number of hydrogen-bond acceptors (Lipinski definition) is 12. The van der Waals surface area contributed by atoms with Gasteiger partial charge in [-0.1, -0.05) is 31.1 Å². The van der Waals surface area contributed by atoms with E-state index in [1.807, 2.05) is 0 Å². The fraction of sp³-hybridized carbons (Fsp3) is 0.404. The van der Waals surface area contributed by atoms with Gasteiger partial charge in [-0.05, 0) is 136 Å². The van der Waals surface area contributed by atoms with Crippen LogP contribution in [0.15, 0.2) is 48.8 Å². The lowest BCUT2D eigenvalue weighted by Gasteiger charge is -2.36. The van der Waals surface area contributed by atoms with Crippen molar-refractivity contribution in [2.75, 3.05) is 14.2 Å². The molecule has 4 fully saturated rings. The first-order valence-corrected chi connectivity index (χ1v) is 25.2. The maximum absolute atomic E-state index is 15.2. The number of pyridine rings is 2. The molecule has 77 heavy (non-hydrogen) atoms. The van der Waals surface area contributed by atoms with E-state index in [1.165, 1.54) is 26.4 Å². The lowest BCUT2D eigenvalue weighted by Crippen LogP contribution is -2.27. The summed E-state index contributed by atoms with van der Waals surface area (Å²) in [5, 5.41) is 44.2. The van der Waals surface area contributed by atoms with Crippen LogP contribution in [-0.4, -0.2) is 86.7 Å². The van der Waals surface area contributed by atoms with Crippen molar-refractivity contribution in [3.8, 4) is 58.2 Å². The Labute approximate surface area is 440 Å². The Bertz CT molecular complexity index is 3290. The van der Waals surface area contributed by atoms with E-state index in [4.69, 9.17) is 20.9 Å². The quantitative estimate of drug-likeness (QED) is 0.0636. The zero-order chi connectivity index (χ0) is 53.5. The normalized spacial score (nSPS) is 21.0. The molecule has 0 radical (unpaired) electrons. The van der Waals surface area contributed by atoms with Crippen LogP contribution in [0.25, 0.3) is 22.8 Å². The number of rotatable bonds is 8. The molecule has 8 aliphatic rings. The van der Waals surface area contributed by atoms with Crippen molar-refractivity contribution in [3.63, 3.8) is 0 Å². The van der Waals surface area contributed by atoms with Crippen LogP contribution in [-0.2, 0) is 0 Å². The number of aromatic nitrogens is 6. The number of carbonyl (C=O) groups excluding carboxylic acids is 2. The van der Waals surface area contributed by atoms with Crippen LogP contribution in [0.2, 0.25) is 0 Å². The summed E-state index contributed by atoms with van der Waals surface area (Å²) in [4.78, 5) is 41.9. The van der Waals surface area contributed by atoms with Crippen LogP contribution < -0.4 is 20.9 Å². The second-order valence-electron chi connectivity index (χ2n) is 20.6. The summed E-state index contributed by atoms with van der Waals surface area (Å²) in [6.07, 6.45) is 7.08. The number of halogens is 4. The van der Waals surface area contributed by atoms with Crippen molar-refractivity contribution in [2.45, 2.75) is 132 Å². The molecule has 2 atom stereocenters. The minimum atomic E-state index is -1.52. The molecule has 4 saturated carbocycles. The first kappa shape index (κ1) is 52.8. The molecule has 6 aromatic rings. The van der Waals surface area contributed by atoms with Crippen LogP contribution in [0.3, 0.4) is 0 Å². The molecular formula is C57H56F4N8O8. The highest BCUT2D eigenvalue weighted by atomic mass is 19.1. The number of amides is 2. The van der Waals surface area contributed by atoms with Crippen molar-refractivity contribution in [3.05, 3.63) is 128 Å². The number of carbonyl (C=O) groups is 2. The van der Waals surface area contributed by atoms with Crippen molar-refractivity contribution < 1.29 is 57.1 Å². The smallest absolute Gasteiger partial charge is 0.269 e. The van der Waals surface area contributed by atoms with Gasteiger partial charge in [-0.15, -0.1) is 0 Å². The Kier molecular flexibility index (Phi) is 13.8. The Hall–Kier alpha value is -7.62. The maximum Gasteiger partial charge on any atom is 0.269 e. The van der Waals surface area contributed by atoms with Gasteiger partial charge in [0.25, 0.3) is 11.8 Å². The lowest BCUT2D eigenvalue weighted by molar-refractivity contribution is 0.0980. The molecule has 8 N–H and O–H groups in total. The van der Waals surface area contributed by atoms with Gasteiger partial charge in [-0.3, -0.25) is 9.59 Å². The summed E-state index contributed by atoms with van der Waals surface area (Å²) < 4.78 is 72.5. The first-order valence-electron chi connectivity index (χ1n) is 25.2. The molecule has 4 aromatic heterocycles. The average molecular weight is 1060 g/mol. The van der Waals surface area contributed by atoms with Gasteiger partial charge in [-0.25, -0.2) is 37.5 Å². The number of aliphatic hydroxyl groups excluding tert-OH is 2. The van der Waals surface area contributed by atoms with E-state index >= 15 is 8.78 Å². The highest BCUT2D eigenvalue weighted by Gasteiger charge is 2.45. The van der Waals surface area contributed by atoms with E-state index in [0.717, 1.165) is 61.3 Å². The first-order chi connectivity index (χ1) is 36.4. The van der Waals surface area contributed by atoms with Crippen LogP contribution in [0.4, 0.5) is 17.6 Å². The van der Waals surface area contributed by atoms with Crippen LogP contribution >= 0.6 is 0 Å². The summed E-state index contributed by atoms with van der Waals surface area (Å²) in [5.41, 5.74) is 11.8. The molecule has 8 heterocycles. The van der Waals surface area contributed by atoms with E-state index in [9.17, 15) is 38.8 Å². The predicted molar refractivity (Wildman–Crippen MR) is 271 cm³/mol. The molecule has 16 nitrogen and oxygen atoms in total. The molecular weight excluding hydrogens is 1000 g/mol. The summed E-state index contributed by atoms with van der Waals surface area (Å²) in [7, 11) is 2.68. The van der Waals surface area contributed by atoms with E-state index in [0.29, 0.717) is 74.1 Å². The highest BCUT2D eigenvalue weighted by Crippen LogP contribution is 2.56. The average Bonchev–Trinajstić information content (AvgIpc) is 4.15. The Morgan fingerprint density at radius 2 is 1.00 bits per heavy atom. The van der Waals surface area contributed by atoms with Gasteiger partial charge in [0.15, 0.2) is 11.4 Å². The SMILES string of the molecule is C.COc1ncc(F)cc1[C@@H](O)c1c(C(N)=O)nc2n1C1CC(C1)c1cc(F)c(C#CC3(O)CCCC3)cc1-2.COc1ncc(F)cc1[C@H](O)c1c(C(N)=O)nc2n1C1CC(C1)c1cc(F)c(C#CC3(O)CCCC3)cc1-2. The van der Waals surface area contributed by atoms with Gasteiger partial charge >= 0.3 is 0 Å². The molecule has 4 aliphatic heterocycles. The fourth-order valence-corrected chi connectivity index (χ4v) is 11.9. The molecule has 0 unspecified atom stereocenters. The van der Waals surface area contributed by atoms with Crippen molar-refractivity contribution in [1.29, 1.82) is 0 Å². The van der Waals surface area contributed by atoms with Gasteiger partial charge in [0.2, 0.25) is 11.8 Å². The third-order valence-electron chi connectivity index (χ3n) is 15.9. The topological polar surface area (TPSA) is 247 Å². The van der Waals surface area contributed by atoms with Gasteiger partial charge < -0.3 is 50.5 Å². The number of benzene rings is 2. The van der Waals surface area contributed by atoms with Crippen LogP contribution in [0.1, 0.15) is 186 Å².